The van der Waals surface area contributed by atoms with Crippen molar-refractivity contribution >= 4 is 11.8 Å². The summed E-state index contributed by atoms with van der Waals surface area (Å²) in [6.45, 7) is 3.19. The van der Waals surface area contributed by atoms with Crippen LogP contribution < -0.4 is 5.32 Å². The second-order valence-corrected chi connectivity index (χ2v) is 7.15. The second-order valence-electron chi connectivity index (χ2n) is 7.15. The van der Waals surface area contributed by atoms with Gasteiger partial charge in [0.15, 0.2) is 5.82 Å². The molecule has 9 heteroatoms. The number of carbonyl (C=O) groups excluding carboxylic acids is 2. The third-order valence-corrected chi connectivity index (χ3v) is 5.22. The molecule has 4 rings (SSSR count). The predicted octanol–water partition coefficient (Wildman–Crippen LogP) is 0.306. The van der Waals surface area contributed by atoms with Gasteiger partial charge in [-0.25, -0.2) is 0 Å². The minimum absolute atomic E-state index is 0.00854. The first-order valence-corrected chi connectivity index (χ1v) is 9.21. The van der Waals surface area contributed by atoms with Crippen LogP contribution in [0.2, 0.25) is 0 Å². The van der Waals surface area contributed by atoms with E-state index in [0.717, 1.165) is 18.8 Å². The molecule has 2 fully saturated rings. The van der Waals surface area contributed by atoms with E-state index in [4.69, 9.17) is 4.52 Å². The van der Waals surface area contributed by atoms with E-state index >= 15 is 0 Å². The summed E-state index contributed by atoms with van der Waals surface area (Å²) in [5, 5.41) is 6.78. The van der Waals surface area contributed by atoms with Gasteiger partial charge in [-0.2, -0.15) is 4.98 Å². The fourth-order valence-corrected chi connectivity index (χ4v) is 3.72. The fourth-order valence-electron chi connectivity index (χ4n) is 3.72. The Morgan fingerprint density at radius 1 is 1.22 bits per heavy atom. The van der Waals surface area contributed by atoms with Gasteiger partial charge in [-0.3, -0.25) is 19.6 Å². The van der Waals surface area contributed by atoms with E-state index < -0.39 is 0 Å². The maximum absolute atomic E-state index is 12.3. The Morgan fingerprint density at radius 2 is 2.04 bits per heavy atom. The van der Waals surface area contributed by atoms with Crippen LogP contribution in [0, 0.1) is 18.8 Å². The summed E-state index contributed by atoms with van der Waals surface area (Å²) < 4.78 is 5.01. The third kappa shape index (κ3) is 4.12. The van der Waals surface area contributed by atoms with E-state index in [9.17, 15) is 9.59 Å². The topological polar surface area (TPSA) is 114 Å². The summed E-state index contributed by atoms with van der Waals surface area (Å²) >= 11 is 0. The quantitative estimate of drug-likeness (QED) is 0.746. The maximum Gasteiger partial charge on any atom is 0.227 e. The first-order valence-electron chi connectivity index (χ1n) is 9.21. The van der Waals surface area contributed by atoms with Crippen molar-refractivity contribution in [3.8, 4) is 0 Å². The number of fused-ring (bicyclic) bond motifs is 1. The minimum atomic E-state index is -0.00854. The molecule has 27 heavy (non-hydrogen) atoms. The number of nitrogens with zero attached hydrogens (tertiary/aromatic N) is 5. The van der Waals surface area contributed by atoms with Crippen LogP contribution in [0.1, 0.15) is 30.3 Å². The number of hydrogen-bond donors (Lipinski definition) is 1. The van der Waals surface area contributed by atoms with Crippen LogP contribution >= 0.6 is 0 Å². The molecule has 2 aromatic heterocycles. The van der Waals surface area contributed by atoms with Gasteiger partial charge in [-0.15, -0.1) is 0 Å². The molecule has 2 aromatic rings. The molecule has 9 nitrogen and oxygen atoms in total. The number of hydrogen-bond acceptors (Lipinski definition) is 7. The van der Waals surface area contributed by atoms with Crippen molar-refractivity contribution in [2.75, 3.05) is 13.1 Å². The predicted molar refractivity (Wildman–Crippen MR) is 93.2 cm³/mol. The molecular weight excluding hydrogens is 348 g/mol. The Kier molecular flexibility index (Phi) is 4.83. The second kappa shape index (κ2) is 7.42. The lowest BCUT2D eigenvalue weighted by molar-refractivity contribution is -0.130. The highest BCUT2D eigenvalue weighted by Gasteiger charge is 2.57. The molecule has 3 atom stereocenters. The molecule has 1 saturated heterocycles. The minimum Gasteiger partial charge on any atom is -0.353 e. The fraction of sp³-hybridized carbons (Fsp3) is 0.556. The Balaban J connectivity index is 1.16. The summed E-state index contributed by atoms with van der Waals surface area (Å²) in [4.78, 5) is 38.6. The number of aromatic nitrogens is 4. The van der Waals surface area contributed by atoms with Crippen LogP contribution in [0.5, 0.6) is 0 Å². The Morgan fingerprint density at radius 3 is 2.70 bits per heavy atom. The number of nitrogens with one attached hydrogen (secondary N) is 1. The Hall–Kier alpha value is -2.84. The molecule has 0 bridgehead atoms. The van der Waals surface area contributed by atoms with E-state index in [1.807, 2.05) is 4.90 Å². The van der Waals surface area contributed by atoms with Gasteiger partial charge in [0, 0.05) is 68.8 Å². The van der Waals surface area contributed by atoms with Gasteiger partial charge in [-0.05, 0) is 13.3 Å². The third-order valence-electron chi connectivity index (χ3n) is 5.22. The van der Waals surface area contributed by atoms with Crippen LogP contribution in [-0.4, -0.2) is 56.0 Å². The van der Waals surface area contributed by atoms with Gasteiger partial charge in [0.2, 0.25) is 17.7 Å². The van der Waals surface area contributed by atoms with E-state index in [2.05, 4.69) is 25.4 Å². The average molecular weight is 370 g/mol. The van der Waals surface area contributed by atoms with Gasteiger partial charge >= 0.3 is 0 Å². The number of carbonyl (C=O) groups is 2. The molecule has 2 aliphatic rings. The summed E-state index contributed by atoms with van der Waals surface area (Å²) in [5.74, 6) is 1.94. The first kappa shape index (κ1) is 17.6. The zero-order chi connectivity index (χ0) is 18.8. The summed E-state index contributed by atoms with van der Waals surface area (Å²) in [6, 6.07) is 0.186. The van der Waals surface area contributed by atoms with Gasteiger partial charge < -0.3 is 14.7 Å². The standard InChI is InChI=1S/C18H22N6O3/c1-11-21-16(27-23-11)4-3-15(25)22-18-13-9-24(10-14(13)18)17(26)5-2-12-8-19-6-7-20-12/h6-8,13-14,18H,2-5,9-10H2,1H3,(H,22,25)/t13-,14+,18?. The highest BCUT2D eigenvalue weighted by molar-refractivity contribution is 5.78. The molecule has 1 aliphatic carbocycles. The van der Waals surface area contributed by atoms with Crippen molar-refractivity contribution in [1.82, 2.24) is 30.3 Å². The molecule has 0 aromatic carbocycles. The molecule has 1 N–H and O–H groups in total. The van der Waals surface area contributed by atoms with Crippen LogP contribution in [0.25, 0.3) is 0 Å². The summed E-state index contributed by atoms with van der Waals surface area (Å²) in [7, 11) is 0. The molecule has 142 valence electrons. The SMILES string of the molecule is Cc1noc(CCC(=O)NC2[C@H]3CN(C(=O)CCc4cnccn4)C[C@@H]23)n1. The van der Waals surface area contributed by atoms with Crippen LogP contribution in [0.15, 0.2) is 23.1 Å². The highest BCUT2D eigenvalue weighted by Crippen LogP contribution is 2.45. The monoisotopic (exact) mass is 370 g/mol. The average Bonchev–Trinajstić information content (AvgIpc) is 3.04. The van der Waals surface area contributed by atoms with Gasteiger partial charge in [0.25, 0.3) is 0 Å². The van der Waals surface area contributed by atoms with Crippen molar-refractivity contribution in [3.05, 3.63) is 36.0 Å². The molecule has 1 unspecified atom stereocenters. The number of piperidine rings is 1. The van der Waals surface area contributed by atoms with Crippen molar-refractivity contribution < 1.29 is 14.1 Å². The van der Waals surface area contributed by atoms with E-state index in [0.29, 0.717) is 49.2 Å². The van der Waals surface area contributed by atoms with Gasteiger partial charge in [0.1, 0.15) is 0 Å². The molecule has 0 spiro atoms. The zero-order valence-corrected chi connectivity index (χ0v) is 15.2. The molecule has 2 amide bonds. The molecular formula is C18H22N6O3. The maximum atomic E-state index is 12.3. The highest BCUT2D eigenvalue weighted by atomic mass is 16.5. The van der Waals surface area contributed by atoms with Gasteiger partial charge in [0.05, 0.1) is 5.69 Å². The van der Waals surface area contributed by atoms with Crippen molar-refractivity contribution in [3.63, 3.8) is 0 Å². The van der Waals surface area contributed by atoms with E-state index in [1.54, 1.807) is 25.5 Å². The normalized spacial score (nSPS) is 23.1. The molecule has 3 heterocycles. The smallest absolute Gasteiger partial charge is 0.227 e. The van der Waals surface area contributed by atoms with E-state index in [-0.39, 0.29) is 17.9 Å². The Bertz CT molecular complexity index is 812. The van der Waals surface area contributed by atoms with Gasteiger partial charge in [-0.1, -0.05) is 5.16 Å². The molecule has 1 aliphatic heterocycles. The molecule has 0 radical (unpaired) electrons. The van der Waals surface area contributed by atoms with Crippen LogP contribution in [-0.2, 0) is 22.4 Å². The summed E-state index contributed by atoms with van der Waals surface area (Å²) in [6.07, 6.45) is 6.77. The summed E-state index contributed by atoms with van der Waals surface area (Å²) in [5.41, 5.74) is 0.830. The Labute approximate surface area is 156 Å². The largest absolute Gasteiger partial charge is 0.353 e. The zero-order valence-electron chi connectivity index (χ0n) is 15.2. The van der Waals surface area contributed by atoms with Crippen molar-refractivity contribution in [2.45, 2.75) is 38.6 Å². The number of aryl methyl sites for hydroxylation is 3. The van der Waals surface area contributed by atoms with Crippen LogP contribution in [0.3, 0.4) is 0 Å². The van der Waals surface area contributed by atoms with E-state index in [1.165, 1.54) is 0 Å². The lowest BCUT2D eigenvalue weighted by Gasteiger charge is -2.20. The van der Waals surface area contributed by atoms with Crippen molar-refractivity contribution in [1.29, 1.82) is 0 Å². The number of amides is 2. The molecule has 1 saturated carbocycles. The lowest BCUT2D eigenvalue weighted by Crippen LogP contribution is -2.37. The number of likely N-dealkylation sites (tertiary alicyclic amines) is 1. The first-order chi connectivity index (χ1) is 13.1. The van der Waals surface area contributed by atoms with Crippen molar-refractivity contribution in [2.24, 2.45) is 11.8 Å². The number of rotatable bonds is 7. The lowest BCUT2D eigenvalue weighted by atomic mass is 10.2. The van der Waals surface area contributed by atoms with Crippen LogP contribution in [0.4, 0.5) is 0 Å².